The Balaban J connectivity index is 2.07. The molecule has 1 atom stereocenters. The number of benzene rings is 1. The molecule has 0 aliphatic heterocycles. The van der Waals surface area contributed by atoms with Crippen LogP contribution in [0.2, 0.25) is 5.02 Å². The Morgan fingerprint density at radius 1 is 1.37 bits per heavy atom. The van der Waals surface area contributed by atoms with Crippen molar-refractivity contribution in [2.75, 3.05) is 13.2 Å². The topological polar surface area (TPSA) is 34.1 Å². The Morgan fingerprint density at radius 2 is 2.21 bits per heavy atom. The van der Waals surface area contributed by atoms with E-state index in [4.69, 9.17) is 16.3 Å². The van der Waals surface area contributed by atoms with E-state index >= 15 is 0 Å². The summed E-state index contributed by atoms with van der Waals surface area (Å²) >= 11 is 6.17. The van der Waals surface area contributed by atoms with Gasteiger partial charge in [0.05, 0.1) is 11.6 Å². The molecule has 0 bridgehead atoms. The minimum atomic E-state index is 0.219. The monoisotopic (exact) mass is 278 g/mol. The molecule has 1 unspecified atom stereocenters. The third kappa shape index (κ3) is 3.66. The number of hydrogen-bond donors (Lipinski definition) is 1. The summed E-state index contributed by atoms with van der Waals surface area (Å²) in [5, 5.41) is 5.14. The minimum absolute atomic E-state index is 0.219. The number of nitrogens with one attached hydrogen (secondary N) is 1. The van der Waals surface area contributed by atoms with Gasteiger partial charge < -0.3 is 10.1 Å². The first-order valence-corrected chi connectivity index (χ1v) is 6.94. The second-order valence-electron chi connectivity index (χ2n) is 4.50. The van der Waals surface area contributed by atoms with Crippen LogP contribution in [0.4, 0.5) is 0 Å². The number of hydrogen-bond acceptors (Lipinski definition) is 3. The highest BCUT2D eigenvalue weighted by molar-refractivity contribution is 6.35. The Labute approximate surface area is 118 Å². The third-order valence-corrected chi connectivity index (χ3v) is 3.33. The second-order valence-corrected chi connectivity index (χ2v) is 4.91. The molecule has 4 heteroatoms. The predicted octanol–water partition coefficient (Wildman–Crippen LogP) is 3.40. The van der Waals surface area contributed by atoms with Crippen molar-refractivity contribution in [3.05, 3.63) is 41.0 Å². The minimum Gasteiger partial charge on any atom is -0.377 e. The molecule has 19 heavy (non-hydrogen) atoms. The lowest BCUT2D eigenvalue weighted by molar-refractivity contribution is 0.0759. The van der Waals surface area contributed by atoms with Crippen LogP contribution in [0.1, 0.15) is 19.4 Å². The molecule has 1 heterocycles. The Bertz CT molecular complexity index is 545. The number of nitrogens with zero attached hydrogens (tertiary/aromatic N) is 1. The van der Waals surface area contributed by atoms with E-state index in [0.717, 1.165) is 41.2 Å². The SMILES string of the molecule is CCOC(C)CNCc1ccc(Cl)c2cccnc12. The normalized spacial score (nSPS) is 12.8. The number of rotatable bonds is 6. The summed E-state index contributed by atoms with van der Waals surface area (Å²) in [5.41, 5.74) is 2.12. The van der Waals surface area contributed by atoms with Crippen LogP contribution in [-0.2, 0) is 11.3 Å². The van der Waals surface area contributed by atoms with Crippen molar-refractivity contribution in [3.8, 4) is 0 Å². The summed E-state index contributed by atoms with van der Waals surface area (Å²) in [6.45, 7) is 6.41. The molecular formula is C15H19ClN2O. The molecule has 0 aliphatic rings. The van der Waals surface area contributed by atoms with Crippen molar-refractivity contribution in [1.82, 2.24) is 10.3 Å². The zero-order valence-electron chi connectivity index (χ0n) is 11.3. The molecule has 1 N–H and O–H groups in total. The van der Waals surface area contributed by atoms with E-state index in [1.165, 1.54) is 0 Å². The average Bonchev–Trinajstić information content (AvgIpc) is 2.42. The molecule has 0 aliphatic carbocycles. The van der Waals surface area contributed by atoms with E-state index in [9.17, 15) is 0 Å². The van der Waals surface area contributed by atoms with Crippen molar-refractivity contribution in [3.63, 3.8) is 0 Å². The highest BCUT2D eigenvalue weighted by Gasteiger charge is 2.06. The molecule has 0 saturated carbocycles. The van der Waals surface area contributed by atoms with Crippen molar-refractivity contribution >= 4 is 22.5 Å². The van der Waals surface area contributed by atoms with E-state index in [1.54, 1.807) is 6.20 Å². The summed E-state index contributed by atoms with van der Waals surface area (Å²) in [5.74, 6) is 0. The fraction of sp³-hybridized carbons (Fsp3) is 0.400. The summed E-state index contributed by atoms with van der Waals surface area (Å²) in [7, 11) is 0. The molecule has 0 spiro atoms. The second kappa shape index (κ2) is 6.85. The number of ether oxygens (including phenoxy) is 1. The molecule has 0 saturated heterocycles. The molecule has 1 aromatic heterocycles. The predicted molar refractivity (Wildman–Crippen MR) is 79.5 cm³/mol. The van der Waals surface area contributed by atoms with E-state index in [0.29, 0.717) is 0 Å². The first kappa shape index (κ1) is 14.3. The molecular weight excluding hydrogens is 260 g/mol. The van der Waals surface area contributed by atoms with Crippen LogP contribution in [0.3, 0.4) is 0 Å². The highest BCUT2D eigenvalue weighted by Crippen LogP contribution is 2.24. The maximum Gasteiger partial charge on any atom is 0.0761 e. The number of pyridine rings is 1. The van der Waals surface area contributed by atoms with Crippen LogP contribution in [-0.4, -0.2) is 24.2 Å². The van der Waals surface area contributed by atoms with Gasteiger partial charge in [-0.3, -0.25) is 4.98 Å². The average molecular weight is 279 g/mol. The lowest BCUT2D eigenvalue weighted by Crippen LogP contribution is -2.26. The molecule has 102 valence electrons. The van der Waals surface area contributed by atoms with E-state index in [-0.39, 0.29) is 6.10 Å². The van der Waals surface area contributed by atoms with Gasteiger partial charge in [0.15, 0.2) is 0 Å². The fourth-order valence-corrected chi connectivity index (χ4v) is 2.31. The van der Waals surface area contributed by atoms with E-state index < -0.39 is 0 Å². The zero-order chi connectivity index (χ0) is 13.7. The van der Waals surface area contributed by atoms with Gasteiger partial charge in [0, 0.05) is 36.3 Å². The van der Waals surface area contributed by atoms with Gasteiger partial charge in [-0.1, -0.05) is 17.7 Å². The summed E-state index contributed by atoms with van der Waals surface area (Å²) < 4.78 is 5.49. The maximum absolute atomic E-state index is 6.17. The third-order valence-electron chi connectivity index (χ3n) is 3.00. The van der Waals surface area contributed by atoms with E-state index in [1.807, 2.05) is 31.2 Å². The van der Waals surface area contributed by atoms with Crippen molar-refractivity contribution in [1.29, 1.82) is 0 Å². The van der Waals surface area contributed by atoms with Crippen LogP contribution in [0.25, 0.3) is 10.9 Å². The van der Waals surface area contributed by atoms with Crippen LogP contribution in [0, 0.1) is 0 Å². The van der Waals surface area contributed by atoms with E-state index in [2.05, 4.69) is 17.2 Å². The van der Waals surface area contributed by atoms with Gasteiger partial charge in [-0.2, -0.15) is 0 Å². The lowest BCUT2D eigenvalue weighted by atomic mass is 10.1. The number of fused-ring (bicyclic) bond motifs is 1. The van der Waals surface area contributed by atoms with Crippen molar-refractivity contribution in [2.24, 2.45) is 0 Å². The zero-order valence-corrected chi connectivity index (χ0v) is 12.1. The number of halogens is 1. The molecule has 2 rings (SSSR count). The van der Waals surface area contributed by atoms with Gasteiger partial charge in [0.1, 0.15) is 0 Å². The molecule has 1 aromatic carbocycles. The van der Waals surface area contributed by atoms with Crippen LogP contribution in [0.5, 0.6) is 0 Å². The van der Waals surface area contributed by atoms with Crippen LogP contribution in [0.15, 0.2) is 30.5 Å². The summed E-state index contributed by atoms with van der Waals surface area (Å²) in [4.78, 5) is 4.42. The molecule has 0 amide bonds. The molecule has 0 fully saturated rings. The first-order chi connectivity index (χ1) is 9.22. The van der Waals surface area contributed by atoms with Gasteiger partial charge in [0.2, 0.25) is 0 Å². The van der Waals surface area contributed by atoms with Crippen LogP contribution < -0.4 is 5.32 Å². The van der Waals surface area contributed by atoms with Gasteiger partial charge in [0.25, 0.3) is 0 Å². The smallest absolute Gasteiger partial charge is 0.0761 e. The van der Waals surface area contributed by atoms with Gasteiger partial charge in [-0.25, -0.2) is 0 Å². The summed E-state index contributed by atoms with van der Waals surface area (Å²) in [6, 6.07) is 7.85. The molecule has 0 radical (unpaired) electrons. The highest BCUT2D eigenvalue weighted by atomic mass is 35.5. The first-order valence-electron chi connectivity index (χ1n) is 6.56. The van der Waals surface area contributed by atoms with Gasteiger partial charge >= 0.3 is 0 Å². The maximum atomic E-state index is 6.17. The summed E-state index contributed by atoms with van der Waals surface area (Å²) in [6.07, 6.45) is 2.02. The Hall–Kier alpha value is -1.16. The van der Waals surface area contributed by atoms with Crippen LogP contribution >= 0.6 is 11.6 Å². The lowest BCUT2D eigenvalue weighted by Gasteiger charge is -2.13. The fourth-order valence-electron chi connectivity index (χ4n) is 2.09. The van der Waals surface area contributed by atoms with Crippen molar-refractivity contribution in [2.45, 2.75) is 26.5 Å². The number of aromatic nitrogens is 1. The Morgan fingerprint density at radius 3 is 3.00 bits per heavy atom. The quantitative estimate of drug-likeness (QED) is 0.879. The van der Waals surface area contributed by atoms with Crippen molar-refractivity contribution < 1.29 is 4.74 Å². The molecule has 3 nitrogen and oxygen atoms in total. The van der Waals surface area contributed by atoms with Gasteiger partial charge in [-0.15, -0.1) is 0 Å². The molecule has 2 aromatic rings. The standard InChI is InChI=1S/C15H19ClN2O/c1-3-19-11(2)9-17-10-12-6-7-14(16)13-5-4-8-18-15(12)13/h4-8,11,17H,3,9-10H2,1-2H3. The largest absolute Gasteiger partial charge is 0.377 e. The van der Waals surface area contributed by atoms with Gasteiger partial charge in [-0.05, 0) is 37.6 Å². The Kier molecular flexibility index (Phi) is 5.14.